The first kappa shape index (κ1) is 21.2. The highest BCUT2D eigenvalue weighted by Gasteiger charge is 2.35. The Morgan fingerprint density at radius 3 is 2.77 bits per heavy atom. The Morgan fingerprint density at radius 1 is 1.39 bits per heavy atom. The number of nitrogens with zero attached hydrogens (tertiary/aromatic N) is 4. The van der Waals surface area contributed by atoms with Crippen LogP contribution in [0.2, 0.25) is 0 Å². The maximum atomic E-state index is 15.3. The van der Waals surface area contributed by atoms with Gasteiger partial charge < -0.3 is 25.6 Å². The second-order valence-corrected chi connectivity index (χ2v) is 8.31. The fourth-order valence-electron chi connectivity index (χ4n) is 4.51. The highest BCUT2D eigenvalue weighted by atomic mass is 19.1. The number of nitrogens with one attached hydrogen (secondary N) is 1. The average Bonchev–Trinajstić information content (AvgIpc) is 3.47. The third-order valence-electron chi connectivity index (χ3n) is 6.34. The van der Waals surface area contributed by atoms with Gasteiger partial charge in [0.25, 0.3) is 5.56 Å². The monoisotopic (exact) mass is 430 g/mol. The number of benzene rings is 1. The Bertz CT molecular complexity index is 1160. The average molecular weight is 430 g/mol. The van der Waals surface area contributed by atoms with Crippen LogP contribution in [0.4, 0.5) is 10.1 Å². The number of fused-ring (bicyclic) bond motifs is 1. The molecule has 31 heavy (non-hydrogen) atoms. The van der Waals surface area contributed by atoms with Crippen molar-refractivity contribution in [2.24, 2.45) is 5.92 Å². The van der Waals surface area contributed by atoms with Crippen molar-refractivity contribution in [1.29, 1.82) is 0 Å². The van der Waals surface area contributed by atoms with Crippen LogP contribution in [0.25, 0.3) is 15.7 Å². The third-order valence-corrected chi connectivity index (χ3v) is 6.34. The van der Waals surface area contributed by atoms with Gasteiger partial charge in [-0.15, -0.1) is 0 Å². The van der Waals surface area contributed by atoms with E-state index >= 15 is 4.39 Å². The summed E-state index contributed by atoms with van der Waals surface area (Å²) in [5.41, 5.74) is -0.774. The quantitative estimate of drug-likeness (QED) is 0.388. The molecule has 0 spiro atoms. The van der Waals surface area contributed by atoms with Gasteiger partial charge in [0, 0.05) is 25.2 Å². The van der Waals surface area contributed by atoms with Crippen LogP contribution in [0, 0.1) is 18.3 Å². The van der Waals surface area contributed by atoms with E-state index in [9.17, 15) is 9.59 Å². The van der Waals surface area contributed by atoms with Gasteiger partial charge in [-0.3, -0.25) is 9.36 Å². The first-order valence-corrected chi connectivity index (χ1v) is 10.5. The zero-order chi connectivity index (χ0) is 22.3. The number of rotatable bonds is 7. The summed E-state index contributed by atoms with van der Waals surface area (Å²) >= 11 is 0. The van der Waals surface area contributed by atoms with E-state index in [2.05, 4.69) is 17.1 Å². The molecule has 1 aromatic heterocycles. The Morgan fingerprint density at radius 2 is 2.13 bits per heavy atom. The van der Waals surface area contributed by atoms with Crippen molar-refractivity contribution in [3.8, 4) is 5.75 Å². The minimum absolute atomic E-state index is 0.0389. The largest absolute Gasteiger partial charge is 0.492 e. The summed E-state index contributed by atoms with van der Waals surface area (Å²) in [6, 6.07) is 1.27. The summed E-state index contributed by atoms with van der Waals surface area (Å²) in [5, 5.41) is 3.39. The van der Waals surface area contributed by atoms with E-state index in [-0.39, 0.29) is 34.8 Å². The molecule has 2 heterocycles. The number of ether oxygens (including phenoxy) is 1. The first-order chi connectivity index (χ1) is 14.9. The maximum Gasteiger partial charge on any atom is 0.350 e. The third kappa shape index (κ3) is 3.63. The molecule has 9 nitrogen and oxygen atoms in total. The lowest BCUT2D eigenvalue weighted by atomic mass is 10.0. The molecule has 0 bridgehead atoms. The van der Waals surface area contributed by atoms with E-state index in [1.54, 1.807) is 0 Å². The van der Waals surface area contributed by atoms with Crippen LogP contribution in [0.3, 0.4) is 0 Å². The van der Waals surface area contributed by atoms with Crippen molar-refractivity contribution in [3.63, 3.8) is 0 Å². The fourth-order valence-corrected chi connectivity index (χ4v) is 4.51. The summed E-state index contributed by atoms with van der Waals surface area (Å²) in [6.45, 7) is 11.2. The Hall–Kier alpha value is -3.06. The van der Waals surface area contributed by atoms with Gasteiger partial charge in [-0.25, -0.2) is 15.8 Å². The van der Waals surface area contributed by atoms with E-state index in [1.165, 1.54) is 17.7 Å². The lowest BCUT2D eigenvalue weighted by Gasteiger charge is -2.25. The zero-order valence-electron chi connectivity index (χ0n) is 17.7. The van der Waals surface area contributed by atoms with E-state index in [0.29, 0.717) is 36.4 Å². The molecule has 2 unspecified atom stereocenters. The summed E-state index contributed by atoms with van der Waals surface area (Å²) in [4.78, 5) is 30.6. The number of methoxy groups -OCH3 is 1. The molecule has 1 saturated heterocycles. The normalized spacial score (nSPS) is 19.5. The molecular weight excluding hydrogens is 403 g/mol. The predicted molar refractivity (Wildman–Crippen MR) is 117 cm³/mol. The minimum atomic E-state index is -0.738. The molecule has 3 N–H and O–H groups in total. The fraction of sp³-hybridized carbons (Fsp3) is 0.571. The molecule has 2 atom stereocenters. The molecule has 1 aliphatic heterocycles. The predicted octanol–water partition coefficient (Wildman–Crippen LogP) is 1.08. The van der Waals surface area contributed by atoms with Crippen molar-refractivity contribution in [3.05, 3.63) is 44.1 Å². The van der Waals surface area contributed by atoms with E-state index in [1.807, 2.05) is 4.90 Å². The smallest absolute Gasteiger partial charge is 0.350 e. The van der Waals surface area contributed by atoms with Gasteiger partial charge >= 0.3 is 5.69 Å². The number of nitrogens with two attached hydrogens (primary N) is 1. The number of hydrogen-bond donors (Lipinski definition) is 2. The SMILES string of the molecule is [C-]#[N+]CCNC(C)C1CCN(c2c(F)cc3c(=O)n(N)c(=O)n(C4CC4)c3c2OC)C1. The van der Waals surface area contributed by atoms with Crippen LogP contribution < -0.4 is 32.0 Å². The van der Waals surface area contributed by atoms with Crippen LogP contribution in [0.1, 0.15) is 32.2 Å². The molecule has 0 radical (unpaired) electrons. The molecule has 4 rings (SSSR count). The summed E-state index contributed by atoms with van der Waals surface area (Å²) in [7, 11) is 1.43. The molecule has 166 valence electrons. The van der Waals surface area contributed by atoms with Crippen LogP contribution >= 0.6 is 0 Å². The maximum absolute atomic E-state index is 15.3. The highest BCUT2D eigenvalue weighted by Crippen LogP contribution is 2.43. The van der Waals surface area contributed by atoms with Crippen molar-refractivity contribution in [1.82, 2.24) is 14.6 Å². The molecular formula is C21H27FN6O3. The van der Waals surface area contributed by atoms with E-state index < -0.39 is 17.1 Å². The van der Waals surface area contributed by atoms with Gasteiger partial charge in [0.1, 0.15) is 11.2 Å². The van der Waals surface area contributed by atoms with Gasteiger partial charge in [0.15, 0.2) is 11.6 Å². The molecule has 1 saturated carbocycles. The van der Waals surface area contributed by atoms with Crippen LogP contribution in [-0.4, -0.2) is 48.6 Å². The summed E-state index contributed by atoms with van der Waals surface area (Å²) in [5.74, 6) is 5.59. The van der Waals surface area contributed by atoms with Crippen LogP contribution in [-0.2, 0) is 0 Å². The lowest BCUT2D eigenvalue weighted by Crippen LogP contribution is -2.44. The molecule has 2 aromatic rings. The molecule has 0 amide bonds. The minimum Gasteiger partial charge on any atom is -0.492 e. The Balaban J connectivity index is 1.78. The van der Waals surface area contributed by atoms with Crippen LogP contribution in [0.15, 0.2) is 15.7 Å². The van der Waals surface area contributed by atoms with Gasteiger partial charge in [-0.2, -0.15) is 4.68 Å². The second-order valence-electron chi connectivity index (χ2n) is 8.31. The van der Waals surface area contributed by atoms with Gasteiger partial charge in [-0.1, -0.05) is 0 Å². The molecule has 1 aliphatic carbocycles. The zero-order valence-corrected chi connectivity index (χ0v) is 17.7. The van der Waals surface area contributed by atoms with Crippen molar-refractivity contribution >= 4 is 16.6 Å². The Kier molecular flexibility index (Phi) is 5.62. The number of halogens is 1. The van der Waals surface area contributed by atoms with Crippen LogP contribution in [0.5, 0.6) is 5.75 Å². The van der Waals surface area contributed by atoms with E-state index in [0.717, 1.165) is 19.3 Å². The second kappa shape index (κ2) is 8.23. The molecule has 10 heteroatoms. The van der Waals surface area contributed by atoms with Crippen molar-refractivity contribution < 1.29 is 9.13 Å². The number of nitrogen functional groups attached to an aromatic ring is 1. The summed E-state index contributed by atoms with van der Waals surface area (Å²) in [6.07, 6.45) is 2.44. The molecule has 2 aliphatic rings. The molecule has 1 aromatic carbocycles. The lowest BCUT2D eigenvalue weighted by molar-refractivity contribution is 0.404. The van der Waals surface area contributed by atoms with Gasteiger partial charge in [-0.05, 0) is 38.2 Å². The number of aromatic nitrogens is 2. The van der Waals surface area contributed by atoms with Crippen molar-refractivity contribution in [2.75, 3.05) is 44.0 Å². The molecule has 2 fully saturated rings. The Labute approximate surface area is 179 Å². The van der Waals surface area contributed by atoms with Gasteiger partial charge in [0.05, 0.1) is 19.0 Å². The summed E-state index contributed by atoms with van der Waals surface area (Å²) < 4.78 is 22.9. The highest BCUT2D eigenvalue weighted by molar-refractivity contribution is 5.91. The first-order valence-electron chi connectivity index (χ1n) is 10.5. The van der Waals surface area contributed by atoms with E-state index in [4.69, 9.17) is 17.2 Å². The standard InChI is InChI=1S/C21H27FN6O3/c1-12(25-8-7-24-2)13-6-9-26(11-13)18-16(22)10-15-17(19(18)31-3)27(14-4-5-14)21(30)28(23)20(15)29/h10,12-14,25H,4-9,11,23H2,1,3H3. The number of anilines is 1. The number of hydrogen-bond acceptors (Lipinski definition) is 6. The topological polar surface area (TPSA) is 98.9 Å². The van der Waals surface area contributed by atoms with Crippen molar-refractivity contribution in [2.45, 2.75) is 38.3 Å². The van der Waals surface area contributed by atoms with Gasteiger partial charge in [0.2, 0.25) is 6.54 Å².